The summed E-state index contributed by atoms with van der Waals surface area (Å²) < 4.78 is 5.57. The van der Waals surface area contributed by atoms with Gasteiger partial charge in [0.1, 0.15) is 6.10 Å². The molecule has 0 aromatic carbocycles. The predicted octanol–water partition coefficient (Wildman–Crippen LogP) is 2.16. The number of likely N-dealkylation sites (N-methyl/N-ethyl adjacent to an activating group) is 1. The molecule has 2 saturated heterocycles. The van der Waals surface area contributed by atoms with E-state index in [9.17, 15) is 9.59 Å². The number of carbonyl (C=O) groups excluding carboxylic acids is 2. The Hall–Kier alpha value is -1.40. The van der Waals surface area contributed by atoms with Gasteiger partial charge in [0.2, 0.25) is 0 Å². The normalized spacial score (nSPS) is 23.6. The minimum absolute atomic E-state index is 0.0145. The lowest BCUT2D eigenvalue weighted by Gasteiger charge is -2.36. The first kappa shape index (κ1) is 16.5. The minimum Gasteiger partial charge on any atom is -0.461 e. The van der Waals surface area contributed by atoms with Crippen LogP contribution in [0.4, 0.5) is 0 Å². The van der Waals surface area contributed by atoms with Gasteiger partial charge >= 0.3 is 5.97 Å². The molecule has 3 rings (SSSR count). The van der Waals surface area contributed by atoms with Crippen LogP contribution in [-0.2, 0) is 9.53 Å². The Labute approximate surface area is 141 Å². The number of hydrogen-bond donors (Lipinski definition) is 0. The lowest BCUT2D eigenvalue weighted by atomic mass is 9.76. The van der Waals surface area contributed by atoms with Gasteiger partial charge in [-0.3, -0.25) is 9.59 Å². The summed E-state index contributed by atoms with van der Waals surface area (Å²) in [6.45, 7) is 4.01. The molecule has 1 unspecified atom stereocenters. The van der Waals surface area contributed by atoms with Crippen LogP contribution < -0.4 is 0 Å². The number of ether oxygens (including phenoxy) is 1. The van der Waals surface area contributed by atoms with Crippen LogP contribution in [0.15, 0.2) is 11.4 Å². The topological polar surface area (TPSA) is 49.9 Å². The summed E-state index contributed by atoms with van der Waals surface area (Å²) >= 11 is 1.49. The quantitative estimate of drug-likeness (QED) is 0.794. The van der Waals surface area contributed by atoms with Gasteiger partial charge in [0, 0.05) is 26.1 Å². The van der Waals surface area contributed by atoms with Gasteiger partial charge in [-0.2, -0.15) is 0 Å². The molecule has 1 atom stereocenters. The Kier molecular flexibility index (Phi) is 4.47. The lowest BCUT2D eigenvalue weighted by Crippen LogP contribution is -2.45. The zero-order valence-corrected chi connectivity index (χ0v) is 14.8. The molecule has 2 aliphatic heterocycles. The molecular weight excluding hydrogens is 312 g/mol. The van der Waals surface area contributed by atoms with Crippen LogP contribution in [0.2, 0.25) is 0 Å². The van der Waals surface area contributed by atoms with Gasteiger partial charge in [0.25, 0.3) is 5.91 Å². The monoisotopic (exact) mass is 336 g/mol. The van der Waals surface area contributed by atoms with Crippen LogP contribution >= 0.6 is 11.3 Å². The van der Waals surface area contributed by atoms with Crippen LogP contribution in [0.1, 0.15) is 34.5 Å². The second kappa shape index (κ2) is 6.24. The van der Waals surface area contributed by atoms with Gasteiger partial charge in [-0.1, -0.05) is 0 Å². The molecule has 0 saturated carbocycles. The van der Waals surface area contributed by atoms with E-state index in [1.807, 2.05) is 37.4 Å². The first-order valence-electron chi connectivity index (χ1n) is 8.10. The molecule has 2 fully saturated rings. The smallest absolute Gasteiger partial charge is 0.312 e. The molecule has 1 amide bonds. The van der Waals surface area contributed by atoms with Gasteiger partial charge in [0.15, 0.2) is 0 Å². The van der Waals surface area contributed by atoms with Crippen molar-refractivity contribution < 1.29 is 14.3 Å². The van der Waals surface area contributed by atoms with Gasteiger partial charge in [-0.15, -0.1) is 11.3 Å². The number of carbonyl (C=O) groups is 2. The molecule has 126 valence electrons. The molecule has 0 N–H and O–H groups in total. The van der Waals surface area contributed by atoms with E-state index in [1.54, 1.807) is 0 Å². The number of nitrogens with zero attached hydrogens (tertiary/aromatic N) is 2. The maximum Gasteiger partial charge on any atom is 0.312 e. The largest absolute Gasteiger partial charge is 0.461 e. The second-order valence-corrected chi connectivity index (χ2v) is 7.92. The zero-order valence-electron chi connectivity index (χ0n) is 14.0. The Morgan fingerprint density at radius 1 is 1.43 bits per heavy atom. The van der Waals surface area contributed by atoms with Crippen LogP contribution in [0.25, 0.3) is 0 Å². The van der Waals surface area contributed by atoms with E-state index in [-0.39, 0.29) is 23.4 Å². The fraction of sp³-hybridized carbons (Fsp3) is 0.647. The van der Waals surface area contributed by atoms with Crippen LogP contribution in [0.5, 0.6) is 0 Å². The summed E-state index contributed by atoms with van der Waals surface area (Å²) in [4.78, 5) is 29.7. The summed E-state index contributed by atoms with van der Waals surface area (Å²) in [5.41, 5.74) is 0.661. The van der Waals surface area contributed by atoms with Gasteiger partial charge in [-0.25, -0.2) is 0 Å². The highest BCUT2D eigenvalue weighted by atomic mass is 32.1. The lowest BCUT2D eigenvalue weighted by molar-refractivity contribution is -0.150. The van der Waals surface area contributed by atoms with Crippen molar-refractivity contribution in [2.75, 3.05) is 33.7 Å². The number of esters is 1. The summed E-state index contributed by atoms with van der Waals surface area (Å²) in [6.07, 6.45) is 2.20. The van der Waals surface area contributed by atoms with Crippen LogP contribution in [-0.4, -0.2) is 61.5 Å². The third-order valence-corrected chi connectivity index (χ3v) is 5.96. The third-order valence-electron chi connectivity index (χ3n) is 4.96. The fourth-order valence-corrected chi connectivity index (χ4v) is 4.52. The first-order chi connectivity index (χ1) is 10.9. The number of hydrogen-bond acceptors (Lipinski definition) is 5. The van der Waals surface area contributed by atoms with E-state index in [0.29, 0.717) is 25.9 Å². The molecule has 2 aliphatic rings. The Morgan fingerprint density at radius 3 is 2.70 bits per heavy atom. The number of cyclic esters (lactones) is 1. The van der Waals surface area contributed by atoms with E-state index in [4.69, 9.17) is 4.74 Å². The highest BCUT2D eigenvalue weighted by Gasteiger charge is 2.50. The van der Waals surface area contributed by atoms with Crippen molar-refractivity contribution in [2.24, 2.45) is 5.41 Å². The second-order valence-electron chi connectivity index (χ2n) is 7.00. The first-order valence-corrected chi connectivity index (χ1v) is 8.98. The molecule has 6 heteroatoms. The summed E-state index contributed by atoms with van der Waals surface area (Å²) in [5.74, 6) is 0.0345. The van der Waals surface area contributed by atoms with Gasteiger partial charge in [0.05, 0.1) is 10.3 Å². The molecule has 5 nitrogen and oxygen atoms in total. The van der Waals surface area contributed by atoms with Crippen LogP contribution in [0, 0.1) is 12.3 Å². The van der Waals surface area contributed by atoms with Crippen molar-refractivity contribution in [3.63, 3.8) is 0 Å². The van der Waals surface area contributed by atoms with Crippen molar-refractivity contribution in [3.05, 3.63) is 21.9 Å². The van der Waals surface area contributed by atoms with Gasteiger partial charge in [-0.05, 0) is 50.9 Å². The van der Waals surface area contributed by atoms with E-state index < -0.39 is 0 Å². The molecule has 3 heterocycles. The van der Waals surface area contributed by atoms with E-state index in [0.717, 1.165) is 23.4 Å². The average Bonchev–Trinajstić information content (AvgIpc) is 3.03. The molecule has 1 aromatic rings. The predicted molar refractivity (Wildman–Crippen MR) is 89.7 cm³/mol. The number of amides is 1. The van der Waals surface area contributed by atoms with Crippen molar-refractivity contribution >= 4 is 23.2 Å². The minimum atomic E-state index is -0.373. The molecule has 1 spiro atoms. The van der Waals surface area contributed by atoms with Gasteiger partial charge < -0.3 is 14.5 Å². The fourth-order valence-electron chi connectivity index (χ4n) is 3.63. The highest BCUT2D eigenvalue weighted by Crippen LogP contribution is 2.43. The molecular formula is C17H24N2O3S. The van der Waals surface area contributed by atoms with Crippen molar-refractivity contribution in [2.45, 2.75) is 32.3 Å². The van der Waals surface area contributed by atoms with Crippen molar-refractivity contribution in [1.29, 1.82) is 0 Å². The Morgan fingerprint density at radius 2 is 2.13 bits per heavy atom. The number of thiophene rings is 1. The number of piperidine rings is 1. The number of likely N-dealkylation sites (tertiary alicyclic amines) is 1. The maximum atomic E-state index is 12.6. The maximum absolute atomic E-state index is 12.6. The SMILES string of the molecule is Cc1ccsc1C(=O)N1CCC2(CC1)CC(CN(C)C)OC2=O. The van der Waals surface area contributed by atoms with E-state index in [1.165, 1.54) is 11.3 Å². The number of rotatable bonds is 3. The molecule has 23 heavy (non-hydrogen) atoms. The third kappa shape index (κ3) is 3.15. The Bertz CT molecular complexity index is 603. The van der Waals surface area contributed by atoms with E-state index in [2.05, 4.69) is 4.90 Å². The summed E-state index contributed by atoms with van der Waals surface area (Å²) in [5, 5.41) is 1.95. The summed E-state index contributed by atoms with van der Waals surface area (Å²) in [7, 11) is 3.98. The molecule has 0 aliphatic carbocycles. The van der Waals surface area contributed by atoms with Crippen LogP contribution in [0.3, 0.4) is 0 Å². The average molecular weight is 336 g/mol. The standard InChI is InChI=1S/C17H24N2O3S/c1-12-4-9-23-14(12)15(20)19-7-5-17(6-8-19)10-13(11-18(2)3)22-16(17)21/h4,9,13H,5-8,10-11H2,1-3H3. The summed E-state index contributed by atoms with van der Waals surface area (Å²) in [6, 6.07) is 1.98. The molecule has 0 radical (unpaired) electrons. The number of aryl methyl sites for hydroxylation is 1. The van der Waals surface area contributed by atoms with E-state index >= 15 is 0 Å². The highest BCUT2D eigenvalue weighted by molar-refractivity contribution is 7.12. The zero-order chi connectivity index (χ0) is 16.6. The Balaban J connectivity index is 1.63. The molecule has 1 aromatic heterocycles. The van der Waals surface area contributed by atoms with Crippen molar-refractivity contribution in [3.8, 4) is 0 Å². The molecule has 0 bridgehead atoms. The van der Waals surface area contributed by atoms with Crippen molar-refractivity contribution in [1.82, 2.24) is 9.80 Å².